The number of para-hydroxylation sites is 1. The SMILES string of the molecule is CC(C)[C@@H](NS(=O)(=O)c1ccc2c(c1)OCCO2)C(=O)N=c1sc2ccccc2n1C. The largest absolute Gasteiger partial charge is 0.486 e. The van der Waals surface area contributed by atoms with E-state index < -0.39 is 22.0 Å². The maximum atomic E-state index is 13.0. The number of nitrogens with one attached hydrogen (secondary N) is 1. The molecule has 0 unspecified atom stereocenters. The van der Waals surface area contributed by atoms with Crippen LogP contribution in [0.2, 0.25) is 0 Å². The molecule has 1 aromatic heterocycles. The Labute approximate surface area is 184 Å². The van der Waals surface area contributed by atoms with E-state index in [1.165, 1.54) is 23.5 Å². The number of carbonyl (C=O) groups excluding carboxylic acids is 1. The standard InChI is InChI=1S/C21H23N3O5S2/c1-13(2)19(20(25)22-21-24(3)15-6-4-5-7-18(15)30-21)23-31(26,27)14-8-9-16-17(12-14)29-11-10-28-16/h4-9,12-13,19,23H,10-11H2,1-3H3/t19-/m1/s1. The lowest BCUT2D eigenvalue weighted by atomic mass is 10.1. The van der Waals surface area contributed by atoms with Gasteiger partial charge in [-0.05, 0) is 30.2 Å². The number of nitrogens with zero attached hydrogens (tertiary/aromatic N) is 2. The molecular formula is C21H23N3O5S2. The number of ether oxygens (including phenoxy) is 2. The molecule has 10 heteroatoms. The Bertz CT molecular complexity index is 1310. The summed E-state index contributed by atoms with van der Waals surface area (Å²) in [6.07, 6.45) is 0. The van der Waals surface area contributed by atoms with Crippen molar-refractivity contribution in [2.45, 2.75) is 24.8 Å². The minimum absolute atomic E-state index is 0.00242. The summed E-state index contributed by atoms with van der Waals surface area (Å²) in [5.74, 6) is 0.0127. The van der Waals surface area contributed by atoms with Gasteiger partial charge in [0.05, 0.1) is 15.1 Å². The van der Waals surface area contributed by atoms with Crippen molar-refractivity contribution in [1.82, 2.24) is 9.29 Å². The predicted octanol–water partition coefficient (Wildman–Crippen LogP) is 2.44. The number of benzene rings is 2. The summed E-state index contributed by atoms with van der Waals surface area (Å²) in [7, 11) is -2.15. The highest BCUT2D eigenvalue weighted by Gasteiger charge is 2.29. The van der Waals surface area contributed by atoms with Crippen molar-refractivity contribution in [3.63, 3.8) is 0 Å². The molecule has 4 rings (SSSR count). The smallest absolute Gasteiger partial charge is 0.266 e. The number of sulfonamides is 1. The van der Waals surface area contributed by atoms with Crippen LogP contribution in [0, 0.1) is 5.92 Å². The molecule has 0 bridgehead atoms. The number of thiazole rings is 1. The monoisotopic (exact) mass is 461 g/mol. The Hall–Kier alpha value is -2.69. The maximum Gasteiger partial charge on any atom is 0.266 e. The molecule has 3 aromatic rings. The van der Waals surface area contributed by atoms with Crippen LogP contribution in [-0.2, 0) is 21.9 Å². The maximum absolute atomic E-state index is 13.0. The van der Waals surface area contributed by atoms with Gasteiger partial charge in [0.25, 0.3) is 5.91 Å². The van der Waals surface area contributed by atoms with Gasteiger partial charge >= 0.3 is 0 Å². The van der Waals surface area contributed by atoms with Gasteiger partial charge in [0.2, 0.25) is 10.0 Å². The normalized spacial score (nSPS) is 15.4. The summed E-state index contributed by atoms with van der Waals surface area (Å²) in [6.45, 7) is 4.31. The first-order valence-electron chi connectivity index (χ1n) is 9.81. The van der Waals surface area contributed by atoms with Crippen LogP contribution in [-0.4, -0.2) is 38.1 Å². The lowest BCUT2D eigenvalue weighted by Crippen LogP contribution is -2.44. The van der Waals surface area contributed by atoms with Gasteiger partial charge in [-0.25, -0.2) is 8.42 Å². The highest BCUT2D eigenvalue weighted by Crippen LogP contribution is 2.32. The molecule has 0 radical (unpaired) electrons. The molecule has 31 heavy (non-hydrogen) atoms. The van der Waals surface area contributed by atoms with Gasteiger partial charge in [-0.15, -0.1) is 0 Å². The Kier molecular flexibility index (Phi) is 5.87. The molecule has 8 nitrogen and oxygen atoms in total. The molecule has 0 saturated heterocycles. The fraction of sp³-hybridized carbons (Fsp3) is 0.333. The number of rotatable bonds is 5. The second-order valence-electron chi connectivity index (χ2n) is 7.51. The molecule has 0 saturated carbocycles. The van der Waals surface area contributed by atoms with Gasteiger partial charge in [-0.1, -0.05) is 37.3 Å². The first-order chi connectivity index (χ1) is 14.8. The van der Waals surface area contributed by atoms with Gasteiger partial charge < -0.3 is 14.0 Å². The topological polar surface area (TPSA) is 99.0 Å². The zero-order valence-corrected chi connectivity index (χ0v) is 19.0. The number of aryl methyl sites for hydroxylation is 1. The van der Waals surface area contributed by atoms with Gasteiger partial charge in [0.1, 0.15) is 19.3 Å². The summed E-state index contributed by atoms with van der Waals surface area (Å²) in [4.78, 5) is 17.7. The molecule has 1 aliphatic heterocycles. The average Bonchev–Trinajstić information content (AvgIpc) is 3.07. The van der Waals surface area contributed by atoms with Crippen LogP contribution in [0.25, 0.3) is 10.2 Å². The fourth-order valence-corrected chi connectivity index (χ4v) is 5.63. The van der Waals surface area contributed by atoms with Crippen LogP contribution in [0.4, 0.5) is 0 Å². The molecule has 2 aromatic carbocycles. The molecule has 164 valence electrons. The zero-order valence-electron chi connectivity index (χ0n) is 17.4. The number of carbonyl (C=O) groups is 1. The molecule has 1 aliphatic rings. The Morgan fingerprint density at radius 1 is 1.13 bits per heavy atom. The summed E-state index contributed by atoms with van der Waals surface area (Å²) >= 11 is 1.38. The van der Waals surface area contributed by atoms with E-state index in [9.17, 15) is 13.2 Å². The van der Waals surface area contributed by atoms with E-state index in [0.29, 0.717) is 29.5 Å². The highest BCUT2D eigenvalue weighted by molar-refractivity contribution is 7.89. The van der Waals surface area contributed by atoms with Crippen molar-refractivity contribution >= 4 is 37.5 Å². The molecule has 0 spiro atoms. The van der Waals surface area contributed by atoms with E-state index >= 15 is 0 Å². The molecule has 1 amide bonds. The molecule has 0 fully saturated rings. The van der Waals surface area contributed by atoms with E-state index in [-0.39, 0.29) is 10.8 Å². The Morgan fingerprint density at radius 3 is 2.55 bits per heavy atom. The Morgan fingerprint density at radius 2 is 1.84 bits per heavy atom. The third-order valence-electron chi connectivity index (χ3n) is 4.96. The number of hydrogen-bond acceptors (Lipinski definition) is 6. The zero-order chi connectivity index (χ0) is 22.2. The first kappa shape index (κ1) is 21.5. The van der Waals surface area contributed by atoms with E-state index in [1.807, 2.05) is 35.9 Å². The van der Waals surface area contributed by atoms with Crippen LogP contribution in [0.5, 0.6) is 11.5 Å². The van der Waals surface area contributed by atoms with Crippen molar-refractivity contribution in [2.75, 3.05) is 13.2 Å². The number of hydrogen-bond donors (Lipinski definition) is 1. The summed E-state index contributed by atoms with van der Waals surface area (Å²) in [6, 6.07) is 11.1. The van der Waals surface area contributed by atoms with E-state index in [2.05, 4.69) is 9.71 Å². The van der Waals surface area contributed by atoms with Crippen molar-refractivity contribution in [2.24, 2.45) is 18.0 Å². The van der Waals surface area contributed by atoms with E-state index in [1.54, 1.807) is 19.9 Å². The lowest BCUT2D eigenvalue weighted by molar-refractivity contribution is -0.120. The van der Waals surface area contributed by atoms with E-state index in [0.717, 1.165) is 10.2 Å². The minimum Gasteiger partial charge on any atom is -0.486 e. The van der Waals surface area contributed by atoms with Gasteiger partial charge in [0, 0.05) is 13.1 Å². The second kappa shape index (κ2) is 8.45. The quantitative estimate of drug-likeness (QED) is 0.629. The highest BCUT2D eigenvalue weighted by atomic mass is 32.2. The Balaban J connectivity index is 1.64. The van der Waals surface area contributed by atoms with Gasteiger partial charge in [-0.3, -0.25) is 4.79 Å². The number of amides is 1. The van der Waals surface area contributed by atoms with Crippen molar-refractivity contribution in [3.05, 3.63) is 47.3 Å². The number of fused-ring (bicyclic) bond motifs is 2. The molecule has 1 N–H and O–H groups in total. The van der Waals surface area contributed by atoms with E-state index in [4.69, 9.17) is 9.47 Å². The molecule has 0 aliphatic carbocycles. The first-order valence-corrected chi connectivity index (χ1v) is 12.1. The average molecular weight is 462 g/mol. The van der Waals surface area contributed by atoms with Gasteiger partial charge in [-0.2, -0.15) is 9.71 Å². The van der Waals surface area contributed by atoms with Crippen LogP contribution in [0.1, 0.15) is 13.8 Å². The van der Waals surface area contributed by atoms with Crippen molar-refractivity contribution in [1.29, 1.82) is 0 Å². The van der Waals surface area contributed by atoms with Crippen LogP contribution < -0.4 is 19.0 Å². The van der Waals surface area contributed by atoms with Crippen molar-refractivity contribution in [3.8, 4) is 11.5 Å². The molecule has 1 atom stereocenters. The van der Waals surface area contributed by atoms with Crippen LogP contribution in [0.3, 0.4) is 0 Å². The van der Waals surface area contributed by atoms with Crippen LogP contribution in [0.15, 0.2) is 52.4 Å². The van der Waals surface area contributed by atoms with Crippen molar-refractivity contribution < 1.29 is 22.7 Å². The third-order valence-corrected chi connectivity index (χ3v) is 7.51. The summed E-state index contributed by atoms with van der Waals surface area (Å²) < 4.78 is 42.2. The predicted molar refractivity (Wildman–Crippen MR) is 118 cm³/mol. The fourth-order valence-electron chi connectivity index (χ4n) is 3.25. The molecular weight excluding hydrogens is 438 g/mol. The summed E-state index contributed by atoms with van der Waals surface area (Å²) in [5.41, 5.74) is 0.956. The van der Waals surface area contributed by atoms with Gasteiger partial charge in [0.15, 0.2) is 16.3 Å². The summed E-state index contributed by atoms with van der Waals surface area (Å²) in [5, 5.41) is 0. The molecule has 2 heterocycles. The van der Waals surface area contributed by atoms with Crippen LogP contribution >= 0.6 is 11.3 Å². The third kappa shape index (κ3) is 4.36. The minimum atomic E-state index is -3.98. The number of aromatic nitrogens is 1. The lowest BCUT2D eigenvalue weighted by Gasteiger charge is -2.21. The second-order valence-corrected chi connectivity index (χ2v) is 10.2.